The van der Waals surface area contributed by atoms with Crippen LogP contribution >= 0.6 is 19.5 Å². The van der Waals surface area contributed by atoms with E-state index in [4.69, 9.17) is 0 Å². The van der Waals surface area contributed by atoms with Crippen LogP contribution in [0, 0.1) is 0 Å². The van der Waals surface area contributed by atoms with Gasteiger partial charge >= 0.3 is 0 Å². The van der Waals surface area contributed by atoms with Crippen LogP contribution in [0.3, 0.4) is 0 Å². The van der Waals surface area contributed by atoms with Gasteiger partial charge in [-0.15, -0.1) is 0 Å². The Hall–Kier alpha value is -0.750. The van der Waals surface area contributed by atoms with Gasteiger partial charge in [0.05, 0.1) is 5.16 Å². The Kier molecular flexibility index (Phi) is 2.93. The molecule has 0 saturated carbocycles. The van der Waals surface area contributed by atoms with E-state index in [2.05, 4.69) is 22.1 Å². The molecule has 1 atom stereocenters. The van der Waals surface area contributed by atoms with Crippen molar-refractivity contribution >= 4 is 30.0 Å². The van der Waals surface area contributed by atoms with E-state index in [1.165, 1.54) is 0 Å². The lowest BCUT2D eigenvalue weighted by Crippen LogP contribution is -1.99. The molecule has 0 aliphatic heterocycles. The Morgan fingerprint density at radius 1 is 1.42 bits per heavy atom. The first-order valence-corrected chi connectivity index (χ1v) is 5.91. The Morgan fingerprint density at radius 2 is 2.00 bits per heavy atom. The summed E-state index contributed by atoms with van der Waals surface area (Å²) < 4.78 is 15.4. The van der Waals surface area contributed by atoms with Crippen molar-refractivity contribution in [3.63, 3.8) is 0 Å². The summed E-state index contributed by atoms with van der Waals surface area (Å²) in [6.45, 7) is 1.57. The third kappa shape index (κ3) is 2.12. The minimum Gasteiger partial charge on any atom is -0.293 e. The van der Waals surface area contributed by atoms with Crippen LogP contribution in [0.5, 0.6) is 0 Å². The molecule has 0 aliphatic carbocycles. The first-order chi connectivity index (χ1) is 5.67. The van der Waals surface area contributed by atoms with Gasteiger partial charge in [-0.2, -0.15) is 4.76 Å². The van der Waals surface area contributed by atoms with Gasteiger partial charge in [-0.25, -0.2) is 0 Å². The third-order valence-electron chi connectivity index (χ3n) is 1.47. The summed E-state index contributed by atoms with van der Waals surface area (Å²) in [6, 6.07) is 9.06. The molecule has 0 fully saturated rings. The summed E-state index contributed by atoms with van der Waals surface area (Å²) in [5.41, 5.74) is 0. The van der Waals surface area contributed by atoms with Gasteiger partial charge in [-0.1, -0.05) is 18.2 Å². The Morgan fingerprint density at radius 3 is 2.50 bits per heavy atom. The van der Waals surface area contributed by atoms with Crippen LogP contribution in [0.1, 0.15) is 0 Å². The van der Waals surface area contributed by atoms with Crippen molar-refractivity contribution in [2.75, 3.05) is 6.66 Å². The molecule has 0 N–H and O–H groups in total. The summed E-state index contributed by atoms with van der Waals surface area (Å²) in [5, 5.41) is 2.86. The van der Waals surface area contributed by atoms with Crippen LogP contribution in [-0.2, 0) is 4.57 Å². The minimum absolute atomic E-state index is 0.711. The lowest BCUT2D eigenvalue weighted by atomic mass is 10.4. The standard InChI is InChI=1S/C8H8NOPS/c1-11(10,9-7-12)8-5-3-2-4-6-8/h2-6H,1H3. The first-order valence-electron chi connectivity index (χ1n) is 3.39. The Labute approximate surface area is 76.8 Å². The van der Waals surface area contributed by atoms with Gasteiger partial charge in [0.15, 0.2) is 0 Å². The van der Waals surface area contributed by atoms with Gasteiger partial charge in [-0.3, -0.25) is 4.57 Å². The molecular weight excluding hydrogens is 189 g/mol. The van der Waals surface area contributed by atoms with E-state index >= 15 is 0 Å². The van der Waals surface area contributed by atoms with Crippen LogP contribution in [0.25, 0.3) is 0 Å². The molecule has 0 saturated heterocycles. The molecule has 1 aromatic carbocycles. The SMILES string of the molecule is CP(=O)(N=C=S)c1ccccc1. The minimum atomic E-state index is -2.64. The molecule has 0 bridgehead atoms. The number of rotatable bonds is 2. The van der Waals surface area contributed by atoms with Crippen LogP contribution in [0.15, 0.2) is 35.1 Å². The molecule has 0 amide bonds. The molecule has 0 spiro atoms. The maximum Gasteiger partial charge on any atom is 0.224 e. The molecule has 0 aliphatic rings. The predicted octanol–water partition coefficient (Wildman–Crippen LogP) is 2.32. The smallest absolute Gasteiger partial charge is 0.224 e. The van der Waals surface area contributed by atoms with Crippen molar-refractivity contribution in [2.45, 2.75) is 0 Å². The largest absolute Gasteiger partial charge is 0.293 e. The second-order valence-corrected chi connectivity index (χ2v) is 5.06. The fraction of sp³-hybridized carbons (Fsp3) is 0.125. The third-order valence-corrected chi connectivity index (χ3v) is 3.43. The lowest BCUT2D eigenvalue weighted by Gasteiger charge is -2.03. The van der Waals surface area contributed by atoms with Crippen LogP contribution in [0.4, 0.5) is 0 Å². The van der Waals surface area contributed by atoms with Crippen molar-refractivity contribution in [2.24, 2.45) is 4.76 Å². The molecule has 1 unspecified atom stereocenters. The van der Waals surface area contributed by atoms with Crippen molar-refractivity contribution in [3.05, 3.63) is 30.3 Å². The summed E-state index contributed by atoms with van der Waals surface area (Å²) in [7, 11) is -2.64. The van der Waals surface area contributed by atoms with Crippen LogP contribution in [-0.4, -0.2) is 11.8 Å². The normalized spacial score (nSPS) is 14.4. The molecule has 1 aromatic rings. The summed E-state index contributed by atoms with van der Waals surface area (Å²) in [5.74, 6) is 0. The summed E-state index contributed by atoms with van der Waals surface area (Å²) in [4.78, 5) is 0. The number of benzene rings is 1. The number of nitrogens with zero attached hydrogens (tertiary/aromatic N) is 1. The molecule has 62 valence electrons. The van der Waals surface area contributed by atoms with Crippen LogP contribution in [0.2, 0.25) is 0 Å². The number of hydrogen-bond acceptors (Lipinski definition) is 2. The van der Waals surface area contributed by atoms with Crippen molar-refractivity contribution in [1.82, 2.24) is 0 Å². The van der Waals surface area contributed by atoms with E-state index in [9.17, 15) is 4.57 Å². The average molecular weight is 197 g/mol. The maximum atomic E-state index is 11.7. The fourth-order valence-electron chi connectivity index (χ4n) is 0.840. The lowest BCUT2D eigenvalue weighted by molar-refractivity contribution is 0.586. The molecule has 12 heavy (non-hydrogen) atoms. The number of isothiocyanates is 1. The first kappa shape index (κ1) is 9.34. The quantitative estimate of drug-likeness (QED) is 0.413. The molecule has 0 heterocycles. The highest BCUT2D eigenvalue weighted by Crippen LogP contribution is 2.40. The van der Waals surface area contributed by atoms with E-state index in [1.807, 2.05) is 18.2 Å². The highest BCUT2D eigenvalue weighted by molar-refractivity contribution is 7.79. The van der Waals surface area contributed by atoms with Crippen molar-refractivity contribution in [1.29, 1.82) is 0 Å². The zero-order valence-electron chi connectivity index (χ0n) is 6.60. The predicted molar refractivity (Wildman–Crippen MR) is 54.6 cm³/mol. The van der Waals surface area contributed by atoms with E-state index in [0.717, 1.165) is 0 Å². The highest BCUT2D eigenvalue weighted by Gasteiger charge is 2.14. The average Bonchev–Trinajstić information content (AvgIpc) is 2.06. The highest BCUT2D eigenvalue weighted by atomic mass is 32.1. The van der Waals surface area contributed by atoms with Gasteiger partial charge in [-0.05, 0) is 24.4 Å². The monoisotopic (exact) mass is 197 g/mol. The summed E-state index contributed by atoms with van der Waals surface area (Å²) >= 11 is 4.41. The van der Waals surface area contributed by atoms with Crippen molar-refractivity contribution < 1.29 is 4.57 Å². The second-order valence-electron chi connectivity index (χ2n) is 2.41. The fourth-order valence-corrected chi connectivity index (χ4v) is 2.30. The molecule has 4 heteroatoms. The van der Waals surface area contributed by atoms with E-state index in [-0.39, 0.29) is 0 Å². The van der Waals surface area contributed by atoms with Gasteiger partial charge in [0.25, 0.3) is 0 Å². The van der Waals surface area contributed by atoms with E-state index in [1.54, 1.807) is 18.8 Å². The van der Waals surface area contributed by atoms with E-state index in [0.29, 0.717) is 5.30 Å². The second kappa shape index (κ2) is 3.77. The van der Waals surface area contributed by atoms with Crippen LogP contribution < -0.4 is 5.30 Å². The molecule has 1 rings (SSSR count). The Bertz CT molecular complexity index is 357. The molecule has 0 aromatic heterocycles. The zero-order chi connectivity index (χ0) is 9.03. The molecule has 2 nitrogen and oxygen atoms in total. The number of thiocarbonyl (C=S) groups is 1. The van der Waals surface area contributed by atoms with Gasteiger partial charge in [0.1, 0.15) is 0 Å². The molecule has 0 radical (unpaired) electrons. The van der Waals surface area contributed by atoms with E-state index < -0.39 is 7.29 Å². The van der Waals surface area contributed by atoms with Gasteiger partial charge in [0.2, 0.25) is 7.29 Å². The zero-order valence-corrected chi connectivity index (χ0v) is 8.31. The Balaban J connectivity index is 3.15. The number of hydrogen-bond donors (Lipinski definition) is 0. The van der Waals surface area contributed by atoms with Gasteiger partial charge in [0, 0.05) is 12.0 Å². The van der Waals surface area contributed by atoms with Gasteiger partial charge < -0.3 is 0 Å². The topological polar surface area (TPSA) is 29.4 Å². The summed E-state index contributed by atoms with van der Waals surface area (Å²) in [6.07, 6.45) is 0. The maximum absolute atomic E-state index is 11.7. The molecular formula is C8H8NOPS. The van der Waals surface area contributed by atoms with Crippen molar-refractivity contribution in [3.8, 4) is 0 Å².